The van der Waals surface area contributed by atoms with Gasteiger partial charge in [-0.15, -0.1) is 0 Å². The number of carbonyl (C=O) groups is 2. The van der Waals surface area contributed by atoms with Crippen molar-refractivity contribution >= 4 is 12.2 Å². The zero-order valence-corrected chi connectivity index (χ0v) is 31.2. The lowest BCUT2D eigenvalue weighted by molar-refractivity contribution is -0.246. The Morgan fingerprint density at radius 1 is 0.896 bits per heavy atom. The van der Waals surface area contributed by atoms with Gasteiger partial charge in [0.1, 0.15) is 6.17 Å². The summed E-state index contributed by atoms with van der Waals surface area (Å²) >= 11 is 0. The van der Waals surface area contributed by atoms with E-state index in [1.165, 1.54) is 31.3 Å². The Morgan fingerprint density at radius 3 is 2.19 bits per heavy atom. The number of rotatable bonds is 6. The lowest BCUT2D eigenvalue weighted by Crippen LogP contribution is -2.70. The molecule has 8 nitrogen and oxygen atoms in total. The van der Waals surface area contributed by atoms with Crippen molar-refractivity contribution in [3.8, 4) is 0 Å². The molecule has 8 aliphatic rings. The zero-order chi connectivity index (χ0) is 34.6. The molecule has 0 aromatic rings. The Labute approximate surface area is 290 Å². The van der Waals surface area contributed by atoms with Gasteiger partial charge in [0.15, 0.2) is 0 Å². The van der Waals surface area contributed by atoms with Gasteiger partial charge in [0.2, 0.25) is 0 Å². The van der Waals surface area contributed by atoms with Crippen molar-refractivity contribution in [2.45, 2.75) is 125 Å². The number of nitrogens with zero attached hydrogens (tertiary/aromatic N) is 3. The van der Waals surface area contributed by atoms with Gasteiger partial charge in [-0.2, -0.15) is 0 Å². The van der Waals surface area contributed by atoms with Crippen LogP contribution in [0.15, 0.2) is 12.2 Å². The minimum absolute atomic E-state index is 0.0100. The van der Waals surface area contributed by atoms with Crippen LogP contribution in [-0.2, 0) is 0 Å². The molecule has 2 amide bonds. The maximum atomic E-state index is 13.1. The molecule has 0 radical (unpaired) electrons. The summed E-state index contributed by atoms with van der Waals surface area (Å²) in [5, 5.41) is 23.6. The van der Waals surface area contributed by atoms with Crippen LogP contribution in [0.3, 0.4) is 0 Å². The van der Waals surface area contributed by atoms with Crippen molar-refractivity contribution in [2.24, 2.45) is 62.6 Å². The molecule has 3 saturated heterocycles. The molecular formula is C40H66N4O4. The number of allylic oxidation sites excluding steroid dienone is 1. The monoisotopic (exact) mass is 667 g/mol. The first kappa shape index (κ1) is 34.6. The van der Waals surface area contributed by atoms with Crippen LogP contribution in [0.2, 0.25) is 0 Å². The minimum Gasteiger partial charge on any atom is -0.465 e. The SMILES string of the molecule is C=C(C)[C@@H]1CC[C@]2(CN(C(=O)O)C3CN4CCN3CC4)CC[C@]3(C)[C@H](CC[C@@H]4[C@@]5(C)CC(CC)C(NC(=O)O)C(C)(C)[C@@H]5CC[C@]43C)[C@@H]12. The van der Waals surface area contributed by atoms with Crippen LogP contribution in [0.1, 0.15) is 113 Å². The average molecular weight is 667 g/mol. The first-order valence-corrected chi connectivity index (χ1v) is 19.6. The molecule has 3 aliphatic heterocycles. The molecular weight excluding hydrogens is 600 g/mol. The zero-order valence-electron chi connectivity index (χ0n) is 31.2. The van der Waals surface area contributed by atoms with Gasteiger partial charge in [0.05, 0.1) is 0 Å². The number of fused-ring (bicyclic) bond motifs is 10. The molecule has 8 rings (SSSR count). The van der Waals surface area contributed by atoms with E-state index in [-0.39, 0.29) is 39.3 Å². The lowest BCUT2D eigenvalue weighted by atomic mass is 9.31. The van der Waals surface area contributed by atoms with Crippen molar-refractivity contribution in [1.29, 1.82) is 0 Å². The molecule has 2 bridgehead atoms. The number of nitrogens with one attached hydrogen (secondary N) is 1. The van der Waals surface area contributed by atoms with Crippen LogP contribution in [0.25, 0.3) is 0 Å². The highest BCUT2D eigenvalue weighted by Gasteiger charge is 2.71. The van der Waals surface area contributed by atoms with E-state index in [1.807, 2.05) is 4.90 Å². The van der Waals surface area contributed by atoms with Crippen LogP contribution in [0.4, 0.5) is 9.59 Å². The number of hydrogen-bond donors (Lipinski definition) is 3. The highest BCUT2D eigenvalue weighted by atomic mass is 16.4. The molecule has 3 unspecified atom stereocenters. The second kappa shape index (κ2) is 11.6. The fourth-order valence-electron chi connectivity index (χ4n) is 15.3. The quantitative estimate of drug-likeness (QED) is 0.250. The van der Waals surface area contributed by atoms with E-state index < -0.39 is 12.2 Å². The number of amides is 2. The first-order valence-electron chi connectivity index (χ1n) is 19.6. The van der Waals surface area contributed by atoms with Gasteiger partial charge in [0.25, 0.3) is 0 Å². The maximum absolute atomic E-state index is 13.1. The smallest absolute Gasteiger partial charge is 0.408 e. The predicted octanol–water partition coefficient (Wildman–Crippen LogP) is 7.85. The Hall–Kier alpha value is -1.80. The Balaban J connectivity index is 1.22. The predicted molar refractivity (Wildman–Crippen MR) is 190 cm³/mol. The van der Waals surface area contributed by atoms with Gasteiger partial charge < -0.3 is 15.5 Å². The van der Waals surface area contributed by atoms with E-state index in [0.29, 0.717) is 42.1 Å². The highest BCUT2D eigenvalue weighted by molar-refractivity contribution is 5.66. The molecule has 270 valence electrons. The average Bonchev–Trinajstić information content (AvgIpc) is 3.41. The molecule has 8 fully saturated rings. The van der Waals surface area contributed by atoms with Crippen LogP contribution in [0, 0.1) is 62.6 Å². The summed E-state index contributed by atoms with van der Waals surface area (Å²) in [6.45, 7) is 27.3. The summed E-state index contributed by atoms with van der Waals surface area (Å²) in [5.74, 6) is 2.95. The summed E-state index contributed by atoms with van der Waals surface area (Å²) in [6, 6.07) is -0.0100. The van der Waals surface area contributed by atoms with Crippen molar-refractivity contribution in [3.05, 3.63) is 12.2 Å². The molecule has 3 heterocycles. The van der Waals surface area contributed by atoms with Crippen molar-refractivity contribution < 1.29 is 19.8 Å². The highest BCUT2D eigenvalue weighted by Crippen LogP contribution is 2.78. The van der Waals surface area contributed by atoms with Crippen molar-refractivity contribution in [2.75, 3.05) is 39.3 Å². The van der Waals surface area contributed by atoms with E-state index in [2.05, 4.69) is 70.2 Å². The summed E-state index contributed by atoms with van der Waals surface area (Å²) in [6.07, 6.45) is 9.84. The molecule has 0 aromatic heterocycles. The maximum Gasteiger partial charge on any atom is 0.408 e. The fourth-order valence-corrected chi connectivity index (χ4v) is 15.3. The third-order valence-electron chi connectivity index (χ3n) is 17.5. The summed E-state index contributed by atoms with van der Waals surface area (Å²) in [7, 11) is 0. The van der Waals surface area contributed by atoms with E-state index in [9.17, 15) is 19.8 Å². The van der Waals surface area contributed by atoms with Crippen LogP contribution < -0.4 is 5.32 Å². The van der Waals surface area contributed by atoms with Gasteiger partial charge in [0, 0.05) is 45.3 Å². The van der Waals surface area contributed by atoms with Crippen LogP contribution >= 0.6 is 0 Å². The topological polar surface area (TPSA) is 96.4 Å². The second-order valence-electron chi connectivity index (χ2n) is 19.4. The van der Waals surface area contributed by atoms with Gasteiger partial charge in [-0.3, -0.25) is 14.7 Å². The van der Waals surface area contributed by atoms with Gasteiger partial charge >= 0.3 is 12.2 Å². The van der Waals surface area contributed by atoms with Crippen molar-refractivity contribution in [3.63, 3.8) is 0 Å². The van der Waals surface area contributed by atoms with Crippen LogP contribution in [-0.4, -0.2) is 88.6 Å². The summed E-state index contributed by atoms with van der Waals surface area (Å²) < 4.78 is 0. The molecule has 3 N–H and O–H groups in total. The molecule has 5 aliphatic carbocycles. The minimum atomic E-state index is -0.884. The lowest BCUT2D eigenvalue weighted by Gasteiger charge is -2.74. The molecule has 48 heavy (non-hydrogen) atoms. The number of piperazine rings is 3. The molecule has 0 spiro atoms. The van der Waals surface area contributed by atoms with E-state index in [4.69, 9.17) is 0 Å². The van der Waals surface area contributed by atoms with E-state index in [1.54, 1.807) is 0 Å². The Kier molecular flexibility index (Phi) is 8.38. The van der Waals surface area contributed by atoms with Gasteiger partial charge in [-0.25, -0.2) is 9.59 Å². The molecule has 8 heteroatoms. The molecule has 12 atom stereocenters. The normalized spacial score (nSPS) is 50.3. The van der Waals surface area contributed by atoms with Gasteiger partial charge in [-0.05, 0) is 127 Å². The fraction of sp³-hybridized carbons (Fsp3) is 0.900. The van der Waals surface area contributed by atoms with E-state index >= 15 is 0 Å². The third kappa shape index (κ3) is 4.79. The second-order valence-corrected chi connectivity index (χ2v) is 19.4. The van der Waals surface area contributed by atoms with Crippen LogP contribution in [0.5, 0.6) is 0 Å². The standard InChI is InChI=1S/C40H66N4O4/c1-9-26-22-37(6)29(36(4,5)33(26)41-34(45)46)13-14-39(8)30(37)11-10-28-32-27(25(2)3)12-15-40(32,17-16-38(28,39)7)24-44(35(47)48)31-23-42-18-20-43(31)21-19-42/h26-33,41H,2,9-24H2,1,3-8H3,(H,45,46)(H,47,48)/t26?,27-,28+,29-,30+,31?,32+,33?,37-,38+,39+,40+/m0/s1. The third-order valence-corrected chi connectivity index (χ3v) is 17.5. The molecule has 0 aromatic carbocycles. The van der Waals surface area contributed by atoms with E-state index in [0.717, 1.165) is 71.2 Å². The Bertz CT molecular complexity index is 1310. The summed E-state index contributed by atoms with van der Waals surface area (Å²) in [4.78, 5) is 31.9. The van der Waals surface area contributed by atoms with Gasteiger partial charge in [-0.1, -0.05) is 60.1 Å². The first-order chi connectivity index (χ1) is 22.5. The Morgan fingerprint density at radius 2 is 1.60 bits per heavy atom. The number of hydrogen-bond acceptors (Lipinski definition) is 4. The number of carboxylic acid groups (broad SMARTS) is 2. The molecule has 5 saturated carbocycles. The van der Waals surface area contributed by atoms with Crippen molar-refractivity contribution in [1.82, 2.24) is 20.0 Å². The largest absolute Gasteiger partial charge is 0.465 e. The summed E-state index contributed by atoms with van der Waals surface area (Å²) in [5.41, 5.74) is 1.77.